The van der Waals surface area contributed by atoms with E-state index in [9.17, 15) is 9.82 Å². The molecule has 0 atom stereocenters. The maximum Gasteiger partial charge on any atom is 0.407 e. The number of carbonyl (C=O) groups excluding carboxylic acids is 1. The Balaban J connectivity index is 1.99. The Kier molecular flexibility index (Phi) is 6.88. The van der Waals surface area contributed by atoms with Crippen LogP contribution in [0.3, 0.4) is 0 Å². The largest absolute Gasteiger partial charge is 0.446 e. The van der Waals surface area contributed by atoms with Gasteiger partial charge in [-0.15, -0.1) is 6.58 Å². The zero-order valence-corrected chi connectivity index (χ0v) is 14.3. The molecule has 0 unspecified atom stereocenters. The second-order valence-corrected chi connectivity index (χ2v) is 6.48. The number of amides is 1. The molecule has 2 rings (SSSR count). The molecular weight excluding hydrogens is 303 g/mol. The number of carbonyl (C=O) groups is 1. The van der Waals surface area contributed by atoms with Crippen molar-refractivity contribution in [3.63, 3.8) is 0 Å². The third-order valence-corrected chi connectivity index (χ3v) is 4.68. The topological polar surface area (TPSA) is 70.6 Å². The highest BCUT2D eigenvalue weighted by Gasteiger charge is 2.38. The Morgan fingerprint density at radius 2 is 2.08 bits per heavy atom. The van der Waals surface area contributed by atoms with Gasteiger partial charge in [-0.05, 0) is 44.6 Å². The maximum atomic E-state index is 11.7. The Labute approximate surface area is 144 Å². The molecule has 1 fully saturated rings. The van der Waals surface area contributed by atoms with Gasteiger partial charge in [-0.25, -0.2) is 4.79 Å². The van der Waals surface area contributed by atoms with Crippen LogP contribution in [0.25, 0.3) is 0 Å². The highest BCUT2D eigenvalue weighted by molar-refractivity contribution is 6.45. The highest BCUT2D eigenvalue weighted by atomic mass is 16.6. The van der Waals surface area contributed by atoms with Crippen LogP contribution in [-0.4, -0.2) is 37.4 Å². The van der Waals surface area contributed by atoms with Gasteiger partial charge in [-0.1, -0.05) is 36.4 Å². The zero-order chi connectivity index (χ0) is 17.4. The highest BCUT2D eigenvalue weighted by Crippen LogP contribution is 2.40. The van der Waals surface area contributed by atoms with Gasteiger partial charge in [-0.3, -0.25) is 0 Å². The van der Waals surface area contributed by atoms with Crippen molar-refractivity contribution in [2.24, 2.45) is 0 Å². The average Bonchev–Trinajstić information content (AvgIpc) is 2.60. The summed E-state index contributed by atoms with van der Waals surface area (Å²) in [6, 6.07) is 10.4. The standard InChI is InChI=1S/C18H27BN2O3/c1-3-13-20-17(22)24-16-9-11-18(12-10-16,14-21-19(2)23)15-7-5-4-6-8-15/h3-8,16,21,23H,1,9-14H2,2H3,(H,20,22). The number of ether oxygens (including phenoxy) is 1. The quantitative estimate of drug-likeness (QED) is 0.531. The zero-order valence-electron chi connectivity index (χ0n) is 14.3. The summed E-state index contributed by atoms with van der Waals surface area (Å²) in [7, 11) is -0.538. The first kappa shape index (κ1) is 18.6. The van der Waals surface area contributed by atoms with Crippen LogP contribution in [0.5, 0.6) is 0 Å². The maximum absolute atomic E-state index is 11.7. The van der Waals surface area contributed by atoms with Crippen molar-refractivity contribution >= 4 is 13.1 Å². The molecule has 5 nitrogen and oxygen atoms in total. The van der Waals surface area contributed by atoms with Crippen LogP contribution in [0.4, 0.5) is 4.79 Å². The Hall–Kier alpha value is -1.79. The first-order valence-electron chi connectivity index (χ1n) is 8.58. The molecule has 1 amide bonds. The smallest absolute Gasteiger partial charge is 0.407 e. The second-order valence-electron chi connectivity index (χ2n) is 6.48. The number of hydrogen-bond acceptors (Lipinski definition) is 4. The summed E-state index contributed by atoms with van der Waals surface area (Å²) in [5, 5.41) is 15.4. The molecule has 24 heavy (non-hydrogen) atoms. The van der Waals surface area contributed by atoms with Crippen molar-refractivity contribution in [2.45, 2.75) is 44.0 Å². The molecule has 1 aromatic rings. The van der Waals surface area contributed by atoms with Crippen molar-refractivity contribution in [3.8, 4) is 0 Å². The summed E-state index contributed by atoms with van der Waals surface area (Å²) >= 11 is 0. The summed E-state index contributed by atoms with van der Waals surface area (Å²) in [6.45, 7) is 6.43. The van der Waals surface area contributed by atoms with E-state index in [-0.39, 0.29) is 17.6 Å². The summed E-state index contributed by atoms with van der Waals surface area (Å²) < 4.78 is 5.48. The van der Waals surface area contributed by atoms with E-state index in [1.54, 1.807) is 12.9 Å². The Morgan fingerprint density at radius 3 is 2.67 bits per heavy atom. The minimum atomic E-state index is -0.538. The van der Waals surface area contributed by atoms with Gasteiger partial charge in [0, 0.05) is 12.0 Å². The van der Waals surface area contributed by atoms with Gasteiger partial charge in [0.15, 0.2) is 0 Å². The van der Waals surface area contributed by atoms with Gasteiger partial charge in [-0.2, -0.15) is 0 Å². The molecule has 1 aromatic carbocycles. The van der Waals surface area contributed by atoms with E-state index < -0.39 is 7.05 Å². The fourth-order valence-corrected chi connectivity index (χ4v) is 3.31. The molecule has 130 valence electrons. The van der Waals surface area contributed by atoms with Crippen molar-refractivity contribution in [1.29, 1.82) is 0 Å². The van der Waals surface area contributed by atoms with Crippen LogP contribution in [0.15, 0.2) is 43.0 Å². The Bertz CT molecular complexity index is 528. The summed E-state index contributed by atoms with van der Waals surface area (Å²) in [5.74, 6) is 0. The minimum Gasteiger partial charge on any atom is -0.446 e. The van der Waals surface area contributed by atoms with Gasteiger partial charge in [0.05, 0.1) is 0 Å². The number of benzene rings is 1. The minimum absolute atomic E-state index is 0.0320. The van der Waals surface area contributed by atoms with E-state index >= 15 is 0 Å². The van der Waals surface area contributed by atoms with E-state index in [0.717, 1.165) is 25.7 Å². The molecule has 0 bridgehead atoms. The number of rotatable bonds is 7. The van der Waals surface area contributed by atoms with Crippen LogP contribution in [0, 0.1) is 0 Å². The van der Waals surface area contributed by atoms with Gasteiger partial charge in [0.25, 0.3) is 0 Å². The monoisotopic (exact) mass is 330 g/mol. The van der Waals surface area contributed by atoms with Crippen LogP contribution in [0.2, 0.25) is 6.82 Å². The van der Waals surface area contributed by atoms with Crippen LogP contribution >= 0.6 is 0 Å². The number of alkyl carbamates (subject to hydrolysis) is 1. The lowest BCUT2D eigenvalue weighted by Crippen LogP contribution is -2.47. The second kappa shape index (κ2) is 8.90. The summed E-state index contributed by atoms with van der Waals surface area (Å²) in [4.78, 5) is 11.7. The normalized spacial score (nSPS) is 23.3. The molecular formula is C18H27BN2O3. The van der Waals surface area contributed by atoms with Crippen molar-refractivity contribution in [2.75, 3.05) is 13.1 Å². The van der Waals surface area contributed by atoms with E-state index in [4.69, 9.17) is 4.74 Å². The van der Waals surface area contributed by atoms with E-state index in [0.29, 0.717) is 13.1 Å². The number of nitrogens with one attached hydrogen (secondary N) is 2. The predicted octanol–water partition coefficient (Wildman–Crippen LogP) is 2.48. The number of hydrogen-bond donors (Lipinski definition) is 3. The molecule has 0 heterocycles. The molecule has 0 aliphatic heterocycles. The molecule has 3 N–H and O–H groups in total. The first-order chi connectivity index (χ1) is 11.6. The molecule has 0 spiro atoms. The predicted molar refractivity (Wildman–Crippen MR) is 96.9 cm³/mol. The summed E-state index contributed by atoms with van der Waals surface area (Å²) in [5.41, 5.74) is 1.24. The van der Waals surface area contributed by atoms with Gasteiger partial charge < -0.3 is 20.3 Å². The summed E-state index contributed by atoms with van der Waals surface area (Å²) in [6.07, 6.45) is 4.65. The Morgan fingerprint density at radius 1 is 1.42 bits per heavy atom. The molecule has 1 aliphatic carbocycles. The van der Waals surface area contributed by atoms with Gasteiger partial charge >= 0.3 is 13.1 Å². The molecule has 0 saturated heterocycles. The first-order valence-corrected chi connectivity index (χ1v) is 8.58. The van der Waals surface area contributed by atoms with E-state index in [2.05, 4.69) is 29.3 Å². The van der Waals surface area contributed by atoms with E-state index in [1.807, 2.05) is 18.2 Å². The molecule has 1 aliphatic rings. The van der Waals surface area contributed by atoms with Crippen molar-refractivity contribution in [1.82, 2.24) is 10.5 Å². The molecule has 6 heteroatoms. The van der Waals surface area contributed by atoms with Crippen molar-refractivity contribution in [3.05, 3.63) is 48.6 Å². The lowest BCUT2D eigenvalue weighted by molar-refractivity contribution is 0.0583. The lowest BCUT2D eigenvalue weighted by atomic mass is 9.67. The van der Waals surface area contributed by atoms with Crippen molar-refractivity contribution < 1.29 is 14.6 Å². The third kappa shape index (κ3) is 5.11. The van der Waals surface area contributed by atoms with Crippen LogP contribution in [-0.2, 0) is 10.2 Å². The lowest BCUT2D eigenvalue weighted by Gasteiger charge is -2.41. The molecule has 0 aromatic heterocycles. The fourth-order valence-electron chi connectivity index (χ4n) is 3.31. The fraction of sp³-hybridized carbons (Fsp3) is 0.500. The molecule has 1 saturated carbocycles. The SMILES string of the molecule is C=CCNC(=O)OC1CCC(CNB(C)O)(c2ccccc2)CC1. The van der Waals surface area contributed by atoms with Crippen LogP contribution in [0.1, 0.15) is 31.2 Å². The molecule has 0 radical (unpaired) electrons. The van der Waals surface area contributed by atoms with Gasteiger partial charge in [0.1, 0.15) is 6.10 Å². The third-order valence-electron chi connectivity index (χ3n) is 4.68. The van der Waals surface area contributed by atoms with E-state index in [1.165, 1.54) is 5.56 Å². The van der Waals surface area contributed by atoms with Crippen LogP contribution < -0.4 is 10.5 Å². The van der Waals surface area contributed by atoms with Gasteiger partial charge in [0.2, 0.25) is 0 Å². The average molecular weight is 330 g/mol.